The van der Waals surface area contributed by atoms with Gasteiger partial charge in [-0.2, -0.15) is 0 Å². The Hall–Kier alpha value is -3.80. The lowest BCUT2D eigenvalue weighted by molar-refractivity contribution is 0.318. The van der Waals surface area contributed by atoms with E-state index in [2.05, 4.69) is 9.98 Å². The minimum atomic E-state index is 0.00946. The zero-order valence-electron chi connectivity index (χ0n) is 16.1. The van der Waals surface area contributed by atoms with Gasteiger partial charge in [-0.1, -0.05) is 12.1 Å². The minimum absolute atomic E-state index is 0.00946. The molecule has 6 nitrogen and oxygen atoms in total. The second-order valence-corrected chi connectivity index (χ2v) is 6.58. The zero-order valence-corrected chi connectivity index (χ0v) is 16.1. The molecule has 1 heterocycles. The summed E-state index contributed by atoms with van der Waals surface area (Å²) >= 11 is 0. The van der Waals surface area contributed by atoms with Gasteiger partial charge in [-0.05, 0) is 55.8 Å². The number of phenols is 2. The maximum absolute atomic E-state index is 10.4. The molecule has 146 valence electrons. The average molecular weight is 388 g/mol. The van der Waals surface area contributed by atoms with E-state index < -0.39 is 0 Å². The van der Waals surface area contributed by atoms with Crippen LogP contribution in [0.3, 0.4) is 0 Å². The molecule has 0 bridgehead atoms. The maximum Gasteiger partial charge on any atom is 0.231 e. The van der Waals surface area contributed by atoms with Crippen molar-refractivity contribution in [3.63, 3.8) is 0 Å². The van der Waals surface area contributed by atoms with Crippen molar-refractivity contribution >= 4 is 23.0 Å². The number of nitrogens with zero attached hydrogens (tertiary/aromatic N) is 2. The van der Waals surface area contributed by atoms with Crippen LogP contribution in [0, 0.1) is 6.92 Å². The number of rotatable bonds is 5. The first-order chi connectivity index (χ1) is 14.0. The van der Waals surface area contributed by atoms with E-state index in [1.165, 1.54) is 12.3 Å². The van der Waals surface area contributed by atoms with Crippen LogP contribution in [0.25, 0.3) is 22.6 Å². The normalized spacial score (nSPS) is 11.4. The second kappa shape index (κ2) is 7.67. The molecule has 0 spiro atoms. The van der Waals surface area contributed by atoms with Crippen molar-refractivity contribution in [3.8, 4) is 28.7 Å². The summed E-state index contributed by atoms with van der Waals surface area (Å²) in [5.41, 5.74) is 4.03. The largest absolute Gasteiger partial charge is 0.507 e. The van der Waals surface area contributed by atoms with Gasteiger partial charge in [0.2, 0.25) is 5.89 Å². The van der Waals surface area contributed by atoms with E-state index in [1.54, 1.807) is 30.3 Å². The summed E-state index contributed by atoms with van der Waals surface area (Å²) in [6, 6.07) is 15.9. The van der Waals surface area contributed by atoms with Crippen LogP contribution in [-0.4, -0.2) is 28.0 Å². The Morgan fingerprint density at radius 1 is 1.10 bits per heavy atom. The number of ether oxygens (including phenoxy) is 1. The number of fused-ring (bicyclic) bond motifs is 1. The van der Waals surface area contributed by atoms with Crippen LogP contribution in [-0.2, 0) is 0 Å². The number of oxazole rings is 1. The monoisotopic (exact) mass is 388 g/mol. The SMILES string of the molecule is CCOc1cccc(C=Nc2ccc(-c3nc4cc(C)ccc4o3)c(O)c2)c1O. The Morgan fingerprint density at radius 3 is 2.76 bits per heavy atom. The number of benzene rings is 3. The van der Waals surface area contributed by atoms with E-state index in [4.69, 9.17) is 9.15 Å². The van der Waals surface area contributed by atoms with E-state index in [1.807, 2.05) is 32.0 Å². The summed E-state index contributed by atoms with van der Waals surface area (Å²) in [5.74, 6) is 0.789. The average Bonchev–Trinajstić information content (AvgIpc) is 3.11. The third-order valence-corrected chi connectivity index (χ3v) is 4.44. The highest BCUT2D eigenvalue weighted by molar-refractivity contribution is 5.87. The molecule has 6 heteroatoms. The van der Waals surface area contributed by atoms with Gasteiger partial charge in [0.1, 0.15) is 11.3 Å². The van der Waals surface area contributed by atoms with Gasteiger partial charge < -0.3 is 19.4 Å². The summed E-state index contributed by atoms with van der Waals surface area (Å²) in [6.07, 6.45) is 1.52. The predicted molar refractivity (Wildman–Crippen MR) is 112 cm³/mol. The fourth-order valence-corrected chi connectivity index (χ4v) is 2.99. The van der Waals surface area contributed by atoms with Crippen LogP contribution in [0.5, 0.6) is 17.2 Å². The fraction of sp³-hybridized carbons (Fsp3) is 0.130. The topological polar surface area (TPSA) is 88.1 Å². The number of hydrogen-bond acceptors (Lipinski definition) is 6. The van der Waals surface area contributed by atoms with Crippen LogP contribution in [0.15, 0.2) is 64.0 Å². The van der Waals surface area contributed by atoms with Gasteiger partial charge in [0, 0.05) is 17.8 Å². The van der Waals surface area contributed by atoms with Crippen LogP contribution < -0.4 is 4.74 Å². The maximum atomic E-state index is 10.4. The predicted octanol–water partition coefficient (Wildman–Crippen LogP) is 5.36. The van der Waals surface area contributed by atoms with Gasteiger partial charge in [0.05, 0.1) is 17.9 Å². The molecule has 0 saturated heterocycles. The first kappa shape index (κ1) is 18.6. The van der Waals surface area contributed by atoms with Crippen molar-refractivity contribution in [2.45, 2.75) is 13.8 Å². The molecular weight excluding hydrogens is 368 g/mol. The van der Waals surface area contributed by atoms with Crippen LogP contribution in [0.1, 0.15) is 18.1 Å². The molecule has 0 radical (unpaired) electrons. The minimum Gasteiger partial charge on any atom is -0.507 e. The van der Waals surface area contributed by atoms with Gasteiger partial charge >= 0.3 is 0 Å². The molecule has 1 aromatic heterocycles. The van der Waals surface area contributed by atoms with Crippen molar-refractivity contribution in [2.24, 2.45) is 4.99 Å². The van der Waals surface area contributed by atoms with Crippen LogP contribution in [0.4, 0.5) is 5.69 Å². The van der Waals surface area contributed by atoms with Crippen molar-refractivity contribution in [3.05, 3.63) is 65.7 Å². The Kier molecular flexibility index (Phi) is 4.91. The number of aliphatic imine (C=N–C) groups is 1. The number of aromatic nitrogens is 1. The third kappa shape index (κ3) is 3.78. The van der Waals surface area contributed by atoms with E-state index in [-0.39, 0.29) is 11.5 Å². The highest BCUT2D eigenvalue weighted by Gasteiger charge is 2.13. The lowest BCUT2D eigenvalue weighted by Crippen LogP contribution is -1.93. The zero-order chi connectivity index (χ0) is 20.4. The molecule has 0 fully saturated rings. The molecule has 2 N–H and O–H groups in total. The first-order valence-electron chi connectivity index (χ1n) is 9.24. The van der Waals surface area contributed by atoms with Crippen molar-refractivity contribution in [1.82, 2.24) is 4.98 Å². The molecule has 0 unspecified atom stereocenters. The number of para-hydroxylation sites is 1. The molecule has 29 heavy (non-hydrogen) atoms. The van der Waals surface area contributed by atoms with Crippen LogP contribution in [0.2, 0.25) is 0 Å². The molecule has 0 aliphatic rings. The van der Waals surface area contributed by atoms with E-state index in [0.29, 0.717) is 40.6 Å². The molecule has 0 aliphatic heterocycles. The molecule has 3 aromatic carbocycles. The Balaban J connectivity index is 1.62. The molecule has 0 atom stereocenters. The lowest BCUT2D eigenvalue weighted by atomic mass is 10.1. The van der Waals surface area contributed by atoms with Crippen molar-refractivity contribution in [2.75, 3.05) is 6.61 Å². The number of hydrogen-bond donors (Lipinski definition) is 2. The summed E-state index contributed by atoms with van der Waals surface area (Å²) in [7, 11) is 0. The molecule has 0 aliphatic carbocycles. The van der Waals surface area contributed by atoms with Crippen molar-refractivity contribution in [1.29, 1.82) is 0 Å². The number of aryl methyl sites for hydroxylation is 1. The second-order valence-electron chi connectivity index (χ2n) is 6.58. The molecule has 0 saturated carbocycles. The Labute approximate surface area is 167 Å². The molecule has 4 rings (SSSR count). The molecule has 4 aromatic rings. The smallest absolute Gasteiger partial charge is 0.231 e. The molecule has 0 amide bonds. The van der Waals surface area contributed by atoms with Gasteiger partial charge in [0.25, 0.3) is 0 Å². The third-order valence-electron chi connectivity index (χ3n) is 4.44. The molecular formula is C23H20N2O4. The highest BCUT2D eigenvalue weighted by Crippen LogP contribution is 2.34. The number of aromatic hydroxyl groups is 2. The summed E-state index contributed by atoms with van der Waals surface area (Å²) in [4.78, 5) is 8.79. The quantitative estimate of drug-likeness (QED) is 0.449. The van der Waals surface area contributed by atoms with Crippen molar-refractivity contribution < 1.29 is 19.4 Å². The van der Waals surface area contributed by atoms with Crippen LogP contribution >= 0.6 is 0 Å². The van der Waals surface area contributed by atoms with Gasteiger partial charge in [-0.15, -0.1) is 0 Å². The van der Waals surface area contributed by atoms with E-state index in [9.17, 15) is 10.2 Å². The summed E-state index contributed by atoms with van der Waals surface area (Å²) in [6.45, 7) is 4.29. The Morgan fingerprint density at radius 2 is 1.97 bits per heavy atom. The Bertz CT molecular complexity index is 1210. The van der Waals surface area contributed by atoms with E-state index in [0.717, 1.165) is 11.1 Å². The highest BCUT2D eigenvalue weighted by atomic mass is 16.5. The first-order valence-corrected chi connectivity index (χ1v) is 9.24. The number of phenolic OH excluding ortho intramolecular Hbond substituents is 2. The summed E-state index contributed by atoms with van der Waals surface area (Å²) in [5, 5.41) is 20.7. The summed E-state index contributed by atoms with van der Waals surface area (Å²) < 4.78 is 11.1. The van der Waals surface area contributed by atoms with E-state index >= 15 is 0 Å². The van der Waals surface area contributed by atoms with Gasteiger partial charge in [0.15, 0.2) is 17.1 Å². The van der Waals surface area contributed by atoms with Gasteiger partial charge in [-0.25, -0.2) is 4.98 Å². The van der Waals surface area contributed by atoms with Gasteiger partial charge in [-0.3, -0.25) is 4.99 Å². The fourth-order valence-electron chi connectivity index (χ4n) is 2.99. The lowest BCUT2D eigenvalue weighted by Gasteiger charge is -2.07. The standard InChI is InChI=1S/C23H20N2O4/c1-3-28-21-6-4-5-15(22(21)27)13-24-16-8-9-17(19(26)12-16)23-25-18-11-14(2)7-10-20(18)29-23/h4-13,26-27H,3H2,1-2H3.